The van der Waals surface area contributed by atoms with Crippen LogP contribution in [0.5, 0.6) is 0 Å². The van der Waals surface area contributed by atoms with Crippen LogP contribution in [0.25, 0.3) is 0 Å². The molecule has 0 aromatic heterocycles. The number of benzene rings is 1. The molecule has 0 nitrogen and oxygen atoms in total. The van der Waals surface area contributed by atoms with Gasteiger partial charge in [-0.2, -0.15) is 0 Å². The lowest BCUT2D eigenvalue weighted by molar-refractivity contribution is 0.157. The molecule has 2 aliphatic rings. The third-order valence-electron chi connectivity index (χ3n) is 7.30. The standard InChI is InChI=1S/C25H40Si/c1-3-4-5-6-20-7-11-22(12-8-20)24-15-17-25(18-16-24)23-13-9-21(10-14-23)19-26-2/h3-4,9-10,13-14,20,22,24-25H,5-8,11-12,15-19,26H2,1-2H3/t20-,22-,24-,25-. The quantitative estimate of drug-likeness (QED) is 0.365. The highest BCUT2D eigenvalue weighted by molar-refractivity contribution is 6.32. The second-order valence-electron chi connectivity index (χ2n) is 9.03. The van der Waals surface area contributed by atoms with Crippen molar-refractivity contribution in [3.63, 3.8) is 0 Å². The molecule has 3 rings (SSSR count). The van der Waals surface area contributed by atoms with Crippen molar-refractivity contribution in [2.75, 3.05) is 0 Å². The zero-order valence-electron chi connectivity index (χ0n) is 17.3. The molecule has 0 saturated heterocycles. The summed E-state index contributed by atoms with van der Waals surface area (Å²) in [6, 6.07) is 11.1. The molecule has 1 aromatic rings. The Kier molecular flexibility index (Phi) is 8.04. The van der Waals surface area contributed by atoms with Crippen LogP contribution in [0.3, 0.4) is 0 Å². The first-order valence-electron chi connectivity index (χ1n) is 11.5. The lowest BCUT2D eigenvalue weighted by Gasteiger charge is -2.38. The smallest absolute Gasteiger partial charge is 0.0217 e. The Balaban J connectivity index is 1.41. The van der Waals surface area contributed by atoms with Crippen LogP contribution in [0.2, 0.25) is 6.55 Å². The molecular formula is C25H40Si. The highest BCUT2D eigenvalue weighted by atomic mass is 28.2. The Morgan fingerprint density at radius 3 is 2.08 bits per heavy atom. The summed E-state index contributed by atoms with van der Waals surface area (Å²) in [7, 11) is 0.148. The minimum absolute atomic E-state index is 0.148. The largest absolute Gasteiger partial charge is 0.0917 e. The molecule has 2 aliphatic carbocycles. The van der Waals surface area contributed by atoms with Crippen molar-refractivity contribution in [3.05, 3.63) is 47.5 Å². The molecule has 0 heterocycles. The van der Waals surface area contributed by atoms with Crippen LogP contribution in [-0.2, 0) is 6.04 Å². The lowest BCUT2D eigenvalue weighted by atomic mass is 9.68. The van der Waals surface area contributed by atoms with Crippen LogP contribution in [0.4, 0.5) is 0 Å². The molecule has 0 aliphatic heterocycles. The van der Waals surface area contributed by atoms with Crippen LogP contribution in [0.1, 0.15) is 88.2 Å². The van der Waals surface area contributed by atoms with E-state index in [2.05, 4.69) is 49.9 Å². The molecule has 0 amide bonds. The molecule has 0 bridgehead atoms. The molecule has 2 fully saturated rings. The van der Waals surface area contributed by atoms with E-state index in [4.69, 9.17) is 0 Å². The van der Waals surface area contributed by atoms with Gasteiger partial charge < -0.3 is 0 Å². The van der Waals surface area contributed by atoms with Crippen molar-refractivity contribution in [2.45, 2.75) is 89.6 Å². The van der Waals surface area contributed by atoms with Gasteiger partial charge in [0.05, 0.1) is 0 Å². The van der Waals surface area contributed by atoms with Crippen molar-refractivity contribution >= 4 is 9.52 Å². The van der Waals surface area contributed by atoms with E-state index in [0.29, 0.717) is 0 Å². The number of rotatable bonds is 7. The Morgan fingerprint density at radius 2 is 1.50 bits per heavy atom. The summed E-state index contributed by atoms with van der Waals surface area (Å²) in [6.07, 6.45) is 19.2. The molecule has 1 aromatic carbocycles. The van der Waals surface area contributed by atoms with E-state index in [1.54, 1.807) is 11.1 Å². The van der Waals surface area contributed by atoms with Crippen molar-refractivity contribution < 1.29 is 0 Å². The summed E-state index contributed by atoms with van der Waals surface area (Å²) in [4.78, 5) is 0. The summed E-state index contributed by atoms with van der Waals surface area (Å²) in [5.74, 6) is 3.94. The van der Waals surface area contributed by atoms with E-state index in [9.17, 15) is 0 Å². The first-order chi connectivity index (χ1) is 12.8. The van der Waals surface area contributed by atoms with Crippen LogP contribution < -0.4 is 0 Å². The van der Waals surface area contributed by atoms with Crippen LogP contribution in [-0.4, -0.2) is 9.52 Å². The molecule has 1 heteroatoms. The second-order valence-corrected chi connectivity index (χ2v) is 10.5. The van der Waals surface area contributed by atoms with Gasteiger partial charge in [0.2, 0.25) is 0 Å². The third kappa shape index (κ3) is 5.59. The molecular weight excluding hydrogens is 328 g/mol. The van der Waals surface area contributed by atoms with Gasteiger partial charge in [0.1, 0.15) is 0 Å². The summed E-state index contributed by atoms with van der Waals surface area (Å²) < 4.78 is 0. The Hall–Kier alpha value is -0.823. The molecule has 0 N–H and O–H groups in total. The van der Waals surface area contributed by atoms with E-state index in [0.717, 1.165) is 23.7 Å². The monoisotopic (exact) mass is 368 g/mol. The minimum atomic E-state index is 0.148. The maximum Gasteiger partial charge on any atom is 0.0217 e. The topological polar surface area (TPSA) is 0 Å². The van der Waals surface area contributed by atoms with Crippen LogP contribution in [0, 0.1) is 17.8 Å². The molecule has 0 unspecified atom stereocenters. The zero-order valence-corrected chi connectivity index (χ0v) is 18.7. The molecule has 144 valence electrons. The van der Waals surface area contributed by atoms with Crippen molar-refractivity contribution in [1.29, 1.82) is 0 Å². The number of hydrogen-bond donors (Lipinski definition) is 0. The molecule has 0 spiro atoms. The molecule has 2 saturated carbocycles. The molecule has 0 radical (unpaired) electrons. The van der Waals surface area contributed by atoms with Crippen molar-refractivity contribution in [1.82, 2.24) is 0 Å². The van der Waals surface area contributed by atoms with Gasteiger partial charge in [-0.15, -0.1) is 0 Å². The summed E-state index contributed by atoms with van der Waals surface area (Å²) in [5, 5.41) is 0. The molecule has 0 atom stereocenters. The van der Waals surface area contributed by atoms with Crippen molar-refractivity contribution in [2.24, 2.45) is 17.8 Å². The van der Waals surface area contributed by atoms with Gasteiger partial charge in [-0.05, 0) is 93.6 Å². The number of allylic oxidation sites excluding steroid dienone is 2. The normalized spacial score (nSPS) is 30.4. The van der Waals surface area contributed by atoms with Crippen LogP contribution in [0.15, 0.2) is 36.4 Å². The second kappa shape index (κ2) is 10.5. The summed E-state index contributed by atoms with van der Waals surface area (Å²) in [6.45, 7) is 4.55. The molecule has 26 heavy (non-hydrogen) atoms. The maximum atomic E-state index is 2.44. The van der Waals surface area contributed by atoms with Gasteiger partial charge >= 0.3 is 0 Å². The highest BCUT2D eigenvalue weighted by Gasteiger charge is 2.31. The van der Waals surface area contributed by atoms with Crippen LogP contribution >= 0.6 is 0 Å². The Morgan fingerprint density at radius 1 is 0.885 bits per heavy atom. The fourth-order valence-electron chi connectivity index (χ4n) is 5.62. The Labute approximate surface area is 164 Å². The van der Waals surface area contributed by atoms with E-state index in [-0.39, 0.29) is 9.52 Å². The Bertz CT molecular complexity index is 528. The third-order valence-corrected chi connectivity index (χ3v) is 8.37. The predicted molar refractivity (Wildman–Crippen MR) is 119 cm³/mol. The van der Waals surface area contributed by atoms with Gasteiger partial charge in [0, 0.05) is 9.52 Å². The average Bonchev–Trinajstić information content (AvgIpc) is 2.70. The van der Waals surface area contributed by atoms with Gasteiger partial charge in [0.25, 0.3) is 0 Å². The fraction of sp³-hybridized carbons (Fsp3) is 0.680. The predicted octanol–water partition coefficient (Wildman–Crippen LogP) is 6.84. The van der Waals surface area contributed by atoms with Crippen molar-refractivity contribution in [3.8, 4) is 0 Å². The van der Waals surface area contributed by atoms with E-state index in [1.165, 1.54) is 70.3 Å². The first-order valence-corrected chi connectivity index (χ1v) is 13.9. The van der Waals surface area contributed by atoms with Gasteiger partial charge in [-0.25, -0.2) is 0 Å². The highest BCUT2D eigenvalue weighted by Crippen LogP contribution is 2.44. The SMILES string of the molecule is CC=CCC[C@H]1CC[C@H]([C@H]2CC[C@H](c3ccc(C[SiH2]C)cc3)CC2)CC1. The average molecular weight is 369 g/mol. The zero-order chi connectivity index (χ0) is 18.2. The first kappa shape index (κ1) is 19.9. The maximum absolute atomic E-state index is 2.44. The van der Waals surface area contributed by atoms with E-state index < -0.39 is 0 Å². The van der Waals surface area contributed by atoms with E-state index in [1.807, 2.05) is 0 Å². The van der Waals surface area contributed by atoms with E-state index >= 15 is 0 Å². The summed E-state index contributed by atoms with van der Waals surface area (Å²) in [5.41, 5.74) is 3.19. The van der Waals surface area contributed by atoms with Gasteiger partial charge in [-0.3, -0.25) is 0 Å². The van der Waals surface area contributed by atoms with Gasteiger partial charge in [0.15, 0.2) is 0 Å². The minimum Gasteiger partial charge on any atom is -0.0917 e. The summed E-state index contributed by atoms with van der Waals surface area (Å²) >= 11 is 0. The van der Waals surface area contributed by atoms with Gasteiger partial charge in [-0.1, -0.05) is 61.4 Å². The number of hydrogen-bond acceptors (Lipinski definition) is 0. The fourth-order valence-corrected chi connectivity index (χ4v) is 6.53. The lowest BCUT2D eigenvalue weighted by Crippen LogP contribution is -2.25.